The van der Waals surface area contributed by atoms with Crippen LogP contribution in [0, 0.1) is 23.0 Å². The van der Waals surface area contributed by atoms with Crippen LogP contribution < -0.4 is 20.3 Å². The predicted molar refractivity (Wildman–Crippen MR) is 167 cm³/mol. The molecule has 3 amide bonds. The zero-order valence-electron chi connectivity index (χ0n) is 25.8. The number of benzene rings is 3. The maximum atomic E-state index is 15.6. The lowest BCUT2D eigenvalue weighted by atomic mass is 10.0. The highest BCUT2D eigenvalue weighted by Crippen LogP contribution is 2.44. The average molecular weight is 641 g/mol. The van der Waals surface area contributed by atoms with Gasteiger partial charge in [0.2, 0.25) is 11.8 Å². The Morgan fingerprint density at radius 1 is 1.04 bits per heavy atom. The van der Waals surface area contributed by atoms with Crippen molar-refractivity contribution < 1.29 is 27.9 Å². The van der Waals surface area contributed by atoms with Crippen molar-refractivity contribution in [2.45, 2.75) is 56.6 Å². The molecule has 47 heavy (non-hydrogen) atoms. The van der Waals surface area contributed by atoms with E-state index >= 15 is 4.39 Å². The molecule has 0 bridgehead atoms. The fourth-order valence-corrected chi connectivity index (χ4v) is 7.27. The van der Waals surface area contributed by atoms with E-state index in [0.717, 1.165) is 12.0 Å². The highest BCUT2D eigenvalue weighted by molar-refractivity contribution is 6.05. The quantitative estimate of drug-likeness (QED) is 0.342. The molecule has 4 atom stereocenters. The molecule has 12 heteroatoms. The Morgan fingerprint density at radius 3 is 2.64 bits per heavy atom. The van der Waals surface area contributed by atoms with E-state index < -0.39 is 23.6 Å². The number of carbonyl (C=O) groups is 3. The summed E-state index contributed by atoms with van der Waals surface area (Å²) in [6, 6.07) is 16.4. The van der Waals surface area contributed by atoms with Gasteiger partial charge in [-0.1, -0.05) is 18.2 Å². The lowest BCUT2D eigenvalue weighted by molar-refractivity contribution is -0.136. The lowest BCUT2D eigenvalue weighted by Crippen LogP contribution is -2.52. The largest absolute Gasteiger partial charge is 0.488 e. The molecular formula is C35H34F2N6O4. The molecule has 7 rings (SSSR count). The first kappa shape index (κ1) is 30.8. The molecule has 10 nitrogen and oxygen atoms in total. The standard InChI is InChI=1S/C35H34F2N6O4/c1-39-17-31(42-12-11-41(29-15-30(29)42)27-8-5-20(16-38)13-26(27)37)21-6-7-22(25(36)14-21)19-47-32-4-2-3-23-24(32)18-43(35(23)46)28-9-10-33(44)40-34(28)45/h2-8,13-14,28-31,39H,9-12,15,17-19H2,1H3,(H,40,44,45)/t28-,29?,30?,31?/m0/s1. The third-order valence-corrected chi connectivity index (χ3v) is 9.72. The molecule has 1 aliphatic carbocycles. The van der Waals surface area contributed by atoms with E-state index in [-0.39, 0.29) is 55.9 Å². The molecule has 0 aromatic heterocycles. The van der Waals surface area contributed by atoms with Crippen molar-refractivity contribution >= 4 is 23.4 Å². The third kappa shape index (κ3) is 5.70. The number of carbonyl (C=O) groups excluding carboxylic acids is 3. The van der Waals surface area contributed by atoms with Crippen molar-refractivity contribution in [2.24, 2.45) is 0 Å². The first-order chi connectivity index (χ1) is 22.8. The number of fused-ring (bicyclic) bond motifs is 2. The fourth-order valence-electron chi connectivity index (χ4n) is 7.27. The highest BCUT2D eigenvalue weighted by Gasteiger charge is 2.51. The Morgan fingerprint density at radius 2 is 1.89 bits per heavy atom. The SMILES string of the molecule is CNCC(c1ccc(COc2cccc3c2CN([C@H]2CCC(=O)NC2=O)C3=O)c(F)c1)N1CCN(c2ccc(C#N)cc2F)C2CC21. The van der Waals surface area contributed by atoms with E-state index in [1.165, 1.54) is 11.0 Å². The van der Waals surface area contributed by atoms with E-state index in [1.807, 2.05) is 19.2 Å². The van der Waals surface area contributed by atoms with Gasteiger partial charge in [0.05, 0.1) is 23.9 Å². The fraction of sp³-hybridized carbons (Fsp3) is 0.371. The van der Waals surface area contributed by atoms with Gasteiger partial charge >= 0.3 is 0 Å². The molecule has 3 heterocycles. The van der Waals surface area contributed by atoms with Gasteiger partial charge in [0.1, 0.15) is 30.0 Å². The minimum Gasteiger partial charge on any atom is -0.488 e. The van der Waals surface area contributed by atoms with Crippen LogP contribution >= 0.6 is 0 Å². The number of ether oxygens (including phenoxy) is 1. The van der Waals surface area contributed by atoms with Crippen LogP contribution in [0.4, 0.5) is 14.5 Å². The molecular weight excluding hydrogens is 606 g/mol. The molecule has 242 valence electrons. The van der Waals surface area contributed by atoms with Gasteiger partial charge in [-0.05, 0) is 61.9 Å². The van der Waals surface area contributed by atoms with Crippen LogP contribution in [0.5, 0.6) is 5.75 Å². The monoisotopic (exact) mass is 640 g/mol. The van der Waals surface area contributed by atoms with E-state index in [0.29, 0.717) is 53.3 Å². The number of anilines is 1. The first-order valence-corrected chi connectivity index (χ1v) is 15.8. The van der Waals surface area contributed by atoms with Crippen LogP contribution in [0.25, 0.3) is 0 Å². The number of nitrogens with zero attached hydrogens (tertiary/aromatic N) is 4. The molecule has 3 unspecified atom stereocenters. The van der Waals surface area contributed by atoms with E-state index in [2.05, 4.69) is 20.4 Å². The van der Waals surface area contributed by atoms with Crippen molar-refractivity contribution in [2.75, 3.05) is 31.6 Å². The number of hydrogen-bond acceptors (Lipinski definition) is 8. The summed E-state index contributed by atoms with van der Waals surface area (Å²) in [5.41, 5.74) is 3.06. The second-order valence-corrected chi connectivity index (χ2v) is 12.5. The van der Waals surface area contributed by atoms with Crippen molar-refractivity contribution in [3.05, 3.63) is 94.0 Å². The summed E-state index contributed by atoms with van der Waals surface area (Å²) in [6.07, 6.45) is 1.30. The van der Waals surface area contributed by atoms with Crippen molar-refractivity contribution in [1.82, 2.24) is 20.4 Å². The third-order valence-electron chi connectivity index (χ3n) is 9.72. The Hall–Kier alpha value is -4.86. The first-order valence-electron chi connectivity index (χ1n) is 15.8. The summed E-state index contributed by atoms with van der Waals surface area (Å²) in [4.78, 5) is 43.1. The average Bonchev–Trinajstić information content (AvgIpc) is 3.80. The molecule has 3 aromatic rings. The number of amides is 3. The van der Waals surface area contributed by atoms with Gasteiger partial charge in [-0.25, -0.2) is 8.78 Å². The van der Waals surface area contributed by atoms with Crippen molar-refractivity contribution in [1.29, 1.82) is 5.26 Å². The van der Waals surface area contributed by atoms with Crippen molar-refractivity contribution in [3.63, 3.8) is 0 Å². The Bertz CT molecular complexity index is 1810. The van der Waals surface area contributed by atoms with E-state index in [1.54, 1.807) is 42.5 Å². The van der Waals surface area contributed by atoms with Gasteiger partial charge in [-0.3, -0.25) is 24.6 Å². The Balaban J connectivity index is 1.03. The van der Waals surface area contributed by atoms with E-state index in [4.69, 9.17) is 10.00 Å². The number of halogens is 2. The number of imide groups is 1. The lowest BCUT2D eigenvalue weighted by Gasteiger charge is -2.40. The summed E-state index contributed by atoms with van der Waals surface area (Å²) in [6.45, 7) is 2.01. The minimum absolute atomic E-state index is 0.0502. The second-order valence-electron chi connectivity index (χ2n) is 12.5. The molecule has 2 N–H and O–H groups in total. The number of nitrogens with one attached hydrogen (secondary N) is 2. The van der Waals surface area contributed by atoms with Crippen LogP contribution in [-0.4, -0.2) is 72.3 Å². The van der Waals surface area contributed by atoms with Gasteiger partial charge < -0.3 is 19.9 Å². The maximum Gasteiger partial charge on any atom is 0.255 e. The number of nitriles is 1. The molecule has 3 fully saturated rings. The molecule has 2 saturated heterocycles. The molecule has 4 aliphatic rings. The van der Waals surface area contributed by atoms with Gasteiger partial charge in [0.25, 0.3) is 5.91 Å². The smallest absolute Gasteiger partial charge is 0.255 e. The number of piperazine rings is 1. The summed E-state index contributed by atoms with van der Waals surface area (Å²) in [5, 5.41) is 14.6. The van der Waals surface area contributed by atoms with Crippen LogP contribution in [0.1, 0.15) is 57.9 Å². The number of piperidine rings is 1. The Labute approximate surface area is 270 Å². The second kappa shape index (κ2) is 12.4. The highest BCUT2D eigenvalue weighted by atomic mass is 19.1. The summed E-state index contributed by atoms with van der Waals surface area (Å²) < 4.78 is 36.5. The number of rotatable bonds is 9. The van der Waals surface area contributed by atoms with Crippen LogP contribution in [0.3, 0.4) is 0 Å². The molecule has 3 aliphatic heterocycles. The molecule has 0 radical (unpaired) electrons. The van der Waals surface area contributed by atoms with Crippen LogP contribution in [0.15, 0.2) is 54.6 Å². The molecule has 0 spiro atoms. The van der Waals surface area contributed by atoms with Gasteiger partial charge in [0.15, 0.2) is 0 Å². The molecule has 3 aromatic carbocycles. The zero-order chi connectivity index (χ0) is 32.8. The molecule has 1 saturated carbocycles. The number of likely N-dealkylation sites (N-methyl/N-ethyl adjacent to an activating group) is 1. The summed E-state index contributed by atoms with van der Waals surface area (Å²) in [5.74, 6) is -1.48. The topological polar surface area (TPSA) is 118 Å². The summed E-state index contributed by atoms with van der Waals surface area (Å²) >= 11 is 0. The minimum atomic E-state index is -0.734. The summed E-state index contributed by atoms with van der Waals surface area (Å²) in [7, 11) is 1.86. The van der Waals surface area contributed by atoms with E-state index in [9.17, 15) is 18.8 Å². The van der Waals surface area contributed by atoms with Crippen LogP contribution in [-0.2, 0) is 22.7 Å². The van der Waals surface area contributed by atoms with Gasteiger partial charge in [-0.2, -0.15) is 5.26 Å². The van der Waals surface area contributed by atoms with Crippen molar-refractivity contribution in [3.8, 4) is 11.8 Å². The van der Waals surface area contributed by atoms with Crippen LogP contribution in [0.2, 0.25) is 0 Å². The van der Waals surface area contributed by atoms with Gasteiger partial charge in [-0.15, -0.1) is 0 Å². The van der Waals surface area contributed by atoms with Gasteiger partial charge in [0, 0.05) is 60.9 Å². The zero-order valence-corrected chi connectivity index (χ0v) is 25.8. The predicted octanol–water partition coefficient (Wildman–Crippen LogP) is 3.40. The number of hydrogen-bond donors (Lipinski definition) is 2. The maximum absolute atomic E-state index is 15.6. The Kier molecular flexibility index (Phi) is 8.11. The normalized spacial score (nSPS) is 22.8.